The summed E-state index contributed by atoms with van der Waals surface area (Å²) in [6, 6.07) is 10.1. The summed E-state index contributed by atoms with van der Waals surface area (Å²) in [4.78, 5) is 24.1. The number of thioether (sulfide) groups is 1. The molecular formula is C19H21ClN2O5S. The van der Waals surface area contributed by atoms with Crippen molar-refractivity contribution in [2.45, 2.75) is 0 Å². The number of amides is 2. The number of anilines is 2. The highest BCUT2D eigenvalue weighted by molar-refractivity contribution is 8.00. The van der Waals surface area contributed by atoms with Crippen LogP contribution in [0.5, 0.6) is 17.2 Å². The van der Waals surface area contributed by atoms with Crippen molar-refractivity contribution in [1.29, 1.82) is 0 Å². The molecule has 0 aromatic heterocycles. The summed E-state index contributed by atoms with van der Waals surface area (Å²) in [6.45, 7) is 0. The fourth-order valence-corrected chi connectivity index (χ4v) is 3.11. The van der Waals surface area contributed by atoms with Crippen molar-refractivity contribution in [3.8, 4) is 17.2 Å². The van der Waals surface area contributed by atoms with Crippen LogP contribution in [0.3, 0.4) is 0 Å². The average Bonchev–Trinajstić information content (AvgIpc) is 2.68. The molecule has 2 aromatic rings. The normalized spacial score (nSPS) is 10.1. The van der Waals surface area contributed by atoms with E-state index in [1.165, 1.54) is 26.0 Å². The number of halogens is 1. The average molecular weight is 425 g/mol. The van der Waals surface area contributed by atoms with Gasteiger partial charge in [-0.05, 0) is 30.3 Å². The predicted molar refractivity (Wildman–Crippen MR) is 112 cm³/mol. The van der Waals surface area contributed by atoms with Crippen LogP contribution in [0.25, 0.3) is 0 Å². The van der Waals surface area contributed by atoms with Gasteiger partial charge in [0, 0.05) is 11.8 Å². The quantitative estimate of drug-likeness (QED) is 0.638. The molecule has 0 fully saturated rings. The van der Waals surface area contributed by atoms with E-state index in [0.29, 0.717) is 33.6 Å². The number of rotatable bonds is 9. The number of methoxy groups -OCH3 is 3. The molecule has 7 nitrogen and oxygen atoms in total. The van der Waals surface area contributed by atoms with Crippen LogP contribution in [0.1, 0.15) is 0 Å². The summed E-state index contributed by atoms with van der Waals surface area (Å²) in [6.07, 6.45) is 0. The number of benzene rings is 2. The molecule has 150 valence electrons. The molecule has 2 N–H and O–H groups in total. The van der Waals surface area contributed by atoms with Gasteiger partial charge < -0.3 is 24.8 Å². The highest BCUT2D eigenvalue weighted by Crippen LogP contribution is 2.35. The van der Waals surface area contributed by atoms with Crippen molar-refractivity contribution in [2.24, 2.45) is 0 Å². The molecule has 2 amide bonds. The Labute approximate surface area is 172 Å². The second-order valence-electron chi connectivity index (χ2n) is 5.50. The molecule has 0 aliphatic carbocycles. The van der Waals surface area contributed by atoms with Gasteiger partial charge in [0.2, 0.25) is 11.8 Å². The summed E-state index contributed by atoms with van der Waals surface area (Å²) in [7, 11) is 4.55. The first-order valence-electron chi connectivity index (χ1n) is 8.19. The zero-order valence-electron chi connectivity index (χ0n) is 15.7. The Balaban J connectivity index is 1.82. The maximum Gasteiger partial charge on any atom is 0.234 e. The van der Waals surface area contributed by atoms with Crippen LogP contribution in [0, 0.1) is 0 Å². The van der Waals surface area contributed by atoms with Crippen molar-refractivity contribution >= 4 is 46.6 Å². The van der Waals surface area contributed by atoms with Crippen molar-refractivity contribution in [3.63, 3.8) is 0 Å². The van der Waals surface area contributed by atoms with Crippen molar-refractivity contribution in [2.75, 3.05) is 43.5 Å². The van der Waals surface area contributed by atoms with E-state index in [4.69, 9.17) is 25.8 Å². The number of ether oxygens (including phenoxy) is 3. The van der Waals surface area contributed by atoms with Gasteiger partial charge in [0.25, 0.3) is 0 Å². The molecule has 0 heterocycles. The van der Waals surface area contributed by atoms with E-state index in [-0.39, 0.29) is 23.3 Å². The van der Waals surface area contributed by atoms with E-state index in [1.807, 2.05) is 0 Å². The standard InChI is InChI=1S/C19H21ClN2O5S/c1-25-13-6-4-12(5-7-13)21-18(23)10-28-11-19(24)22-15-8-14(20)16(26-2)9-17(15)27-3/h4-9H,10-11H2,1-3H3,(H,21,23)(H,22,24). The lowest BCUT2D eigenvalue weighted by Gasteiger charge is -2.13. The van der Waals surface area contributed by atoms with Crippen molar-refractivity contribution in [3.05, 3.63) is 41.4 Å². The second-order valence-corrected chi connectivity index (χ2v) is 6.90. The number of hydrogen-bond acceptors (Lipinski definition) is 6. The molecular weight excluding hydrogens is 404 g/mol. The first-order chi connectivity index (χ1) is 13.5. The van der Waals surface area contributed by atoms with Crippen LogP contribution < -0.4 is 24.8 Å². The third-order valence-corrected chi connectivity index (χ3v) is 4.82. The number of nitrogens with one attached hydrogen (secondary N) is 2. The highest BCUT2D eigenvalue weighted by atomic mass is 35.5. The Kier molecular flexibility index (Phi) is 8.28. The van der Waals surface area contributed by atoms with Gasteiger partial charge in [0.1, 0.15) is 17.2 Å². The highest BCUT2D eigenvalue weighted by Gasteiger charge is 2.13. The van der Waals surface area contributed by atoms with E-state index in [1.54, 1.807) is 43.5 Å². The molecule has 28 heavy (non-hydrogen) atoms. The summed E-state index contributed by atoms with van der Waals surface area (Å²) in [5.41, 5.74) is 1.09. The first-order valence-corrected chi connectivity index (χ1v) is 9.73. The Morgan fingerprint density at radius 1 is 0.893 bits per heavy atom. The van der Waals surface area contributed by atoms with Gasteiger partial charge in [0.15, 0.2) is 0 Å². The third kappa shape index (κ3) is 6.24. The Bertz CT molecular complexity index is 830. The Hall–Kier alpha value is -2.58. The molecule has 0 radical (unpaired) electrons. The van der Waals surface area contributed by atoms with Gasteiger partial charge >= 0.3 is 0 Å². The molecule has 0 saturated heterocycles. The molecule has 0 saturated carbocycles. The van der Waals surface area contributed by atoms with Crippen molar-refractivity contribution in [1.82, 2.24) is 0 Å². The first kappa shape index (κ1) is 21.7. The van der Waals surface area contributed by atoms with Gasteiger partial charge in [-0.1, -0.05) is 11.6 Å². The number of carbonyl (C=O) groups excluding carboxylic acids is 2. The van der Waals surface area contributed by atoms with E-state index in [0.717, 1.165) is 0 Å². The fourth-order valence-electron chi connectivity index (χ4n) is 2.25. The SMILES string of the molecule is COc1ccc(NC(=O)CSCC(=O)Nc2cc(Cl)c(OC)cc2OC)cc1. The number of carbonyl (C=O) groups is 2. The lowest BCUT2D eigenvalue weighted by atomic mass is 10.2. The lowest BCUT2D eigenvalue weighted by molar-refractivity contribution is -0.114. The summed E-state index contributed by atoms with van der Waals surface area (Å²) >= 11 is 7.28. The number of hydrogen-bond donors (Lipinski definition) is 2. The van der Waals surface area contributed by atoms with Gasteiger partial charge in [-0.25, -0.2) is 0 Å². The molecule has 0 aliphatic heterocycles. The van der Waals surface area contributed by atoms with E-state index in [2.05, 4.69) is 10.6 Å². The van der Waals surface area contributed by atoms with Crippen LogP contribution in [0.15, 0.2) is 36.4 Å². The minimum Gasteiger partial charge on any atom is -0.497 e. The van der Waals surface area contributed by atoms with Crippen LogP contribution in [-0.2, 0) is 9.59 Å². The molecule has 2 aromatic carbocycles. The van der Waals surface area contributed by atoms with Crippen molar-refractivity contribution < 1.29 is 23.8 Å². The minimum atomic E-state index is -0.276. The fraction of sp³-hybridized carbons (Fsp3) is 0.263. The van der Waals surface area contributed by atoms with Crippen LogP contribution in [0.4, 0.5) is 11.4 Å². The summed E-state index contributed by atoms with van der Waals surface area (Å²) in [5.74, 6) is 1.34. The van der Waals surface area contributed by atoms with Gasteiger partial charge in [-0.2, -0.15) is 0 Å². The summed E-state index contributed by atoms with van der Waals surface area (Å²) in [5, 5.41) is 5.83. The largest absolute Gasteiger partial charge is 0.497 e. The van der Waals surface area contributed by atoms with Crippen LogP contribution in [0.2, 0.25) is 5.02 Å². The minimum absolute atomic E-state index is 0.100. The van der Waals surface area contributed by atoms with Crippen LogP contribution >= 0.6 is 23.4 Å². The van der Waals surface area contributed by atoms with E-state index < -0.39 is 0 Å². The molecule has 0 bridgehead atoms. The maximum absolute atomic E-state index is 12.1. The molecule has 0 spiro atoms. The molecule has 0 atom stereocenters. The lowest BCUT2D eigenvalue weighted by Crippen LogP contribution is -2.18. The van der Waals surface area contributed by atoms with Gasteiger partial charge in [0.05, 0.1) is 43.5 Å². The zero-order valence-corrected chi connectivity index (χ0v) is 17.3. The topological polar surface area (TPSA) is 85.9 Å². The second kappa shape index (κ2) is 10.7. The summed E-state index contributed by atoms with van der Waals surface area (Å²) < 4.78 is 15.4. The van der Waals surface area contributed by atoms with E-state index >= 15 is 0 Å². The Morgan fingerprint density at radius 3 is 2.07 bits per heavy atom. The predicted octanol–water partition coefficient (Wildman–Crippen LogP) is 3.68. The zero-order chi connectivity index (χ0) is 20.5. The molecule has 0 aliphatic rings. The van der Waals surface area contributed by atoms with Gasteiger partial charge in [-0.3, -0.25) is 9.59 Å². The monoisotopic (exact) mass is 424 g/mol. The molecule has 2 rings (SSSR count). The van der Waals surface area contributed by atoms with Crippen LogP contribution in [-0.4, -0.2) is 44.6 Å². The maximum atomic E-state index is 12.1. The third-order valence-electron chi connectivity index (χ3n) is 3.59. The van der Waals surface area contributed by atoms with Gasteiger partial charge in [-0.15, -0.1) is 11.8 Å². The van der Waals surface area contributed by atoms with E-state index in [9.17, 15) is 9.59 Å². The molecule has 9 heteroatoms. The molecule has 0 unspecified atom stereocenters. The smallest absolute Gasteiger partial charge is 0.234 e. The Morgan fingerprint density at radius 2 is 1.50 bits per heavy atom.